The summed E-state index contributed by atoms with van der Waals surface area (Å²) in [5.74, 6) is -0.503. The number of nitrogens with zero attached hydrogens (tertiary/aromatic N) is 1. The summed E-state index contributed by atoms with van der Waals surface area (Å²) < 4.78 is 41.6. The molecular formula is C19H23FN2O4S. The Labute approximate surface area is 158 Å². The largest absolute Gasteiger partial charge is 0.494 e. The van der Waals surface area contributed by atoms with Crippen molar-refractivity contribution in [2.45, 2.75) is 18.4 Å². The van der Waals surface area contributed by atoms with Crippen molar-refractivity contribution in [1.29, 1.82) is 0 Å². The van der Waals surface area contributed by atoms with Crippen LogP contribution in [0, 0.1) is 5.82 Å². The predicted octanol–water partition coefficient (Wildman–Crippen LogP) is 2.70. The monoisotopic (exact) mass is 394 g/mol. The second-order valence-corrected chi connectivity index (χ2v) is 8.13. The zero-order valence-electron chi connectivity index (χ0n) is 15.5. The van der Waals surface area contributed by atoms with E-state index in [0.29, 0.717) is 18.8 Å². The number of methoxy groups -OCH3 is 1. The fourth-order valence-electron chi connectivity index (χ4n) is 2.54. The highest BCUT2D eigenvalue weighted by Gasteiger charge is 2.12. The van der Waals surface area contributed by atoms with Gasteiger partial charge in [-0.15, -0.1) is 0 Å². The Morgan fingerprint density at radius 2 is 1.85 bits per heavy atom. The quantitative estimate of drug-likeness (QED) is 0.745. The van der Waals surface area contributed by atoms with Crippen molar-refractivity contribution in [3.8, 4) is 5.75 Å². The minimum absolute atomic E-state index is 0.123. The zero-order valence-corrected chi connectivity index (χ0v) is 16.3. The van der Waals surface area contributed by atoms with E-state index >= 15 is 0 Å². The smallest absolute Gasteiger partial charge is 0.238 e. The molecule has 2 aromatic rings. The van der Waals surface area contributed by atoms with E-state index in [9.17, 15) is 17.6 Å². The Balaban J connectivity index is 1.97. The van der Waals surface area contributed by atoms with Crippen molar-refractivity contribution in [2.75, 3.05) is 31.8 Å². The molecule has 0 fully saturated rings. The lowest BCUT2D eigenvalue weighted by Crippen LogP contribution is -2.32. The molecule has 6 nitrogen and oxygen atoms in total. The van der Waals surface area contributed by atoms with E-state index in [1.807, 2.05) is 11.8 Å². The van der Waals surface area contributed by atoms with Crippen molar-refractivity contribution in [3.05, 3.63) is 53.8 Å². The number of benzene rings is 2. The summed E-state index contributed by atoms with van der Waals surface area (Å²) in [5.41, 5.74) is 1.25. The first-order chi connectivity index (χ1) is 12.7. The summed E-state index contributed by atoms with van der Waals surface area (Å²) in [4.78, 5) is 14.3. The van der Waals surface area contributed by atoms with E-state index in [1.54, 1.807) is 24.3 Å². The van der Waals surface area contributed by atoms with Gasteiger partial charge in [-0.3, -0.25) is 9.69 Å². The number of carbonyl (C=O) groups excluding carboxylic acids is 1. The number of anilines is 1. The van der Waals surface area contributed by atoms with Gasteiger partial charge in [-0.1, -0.05) is 13.0 Å². The molecule has 8 heteroatoms. The van der Waals surface area contributed by atoms with Gasteiger partial charge in [0.1, 0.15) is 0 Å². The Morgan fingerprint density at radius 3 is 2.37 bits per heavy atom. The Morgan fingerprint density at radius 1 is 1.19 bits per heavy atom. The number of sulfone groups is 1. The number of amides is 1. The van der Waals surface area contributed by atoms with E-state index < -0.39 is 15.7 Å². The van der Waals surface area contributed by atoms with Crippen LogP contribution in [0.15, 0.2) is 47.4 Å². The number of nitrogens with one attached hydrogen (secondary N) is 1. The second-order valence-electron chi connectivity index (χ2n) is 6.12. The van der Waals surface area contributed by atoms with Crippen LogP contribution in [0.2, 0.25) is 0 Å². The lowest BCUT2D eigenvalue weighted by Gasteiger charge is -2.20. The van der Waals surface area contributed by atoms with Gasteiger partial charge in [0.15, 0.2) is 21.4 Å². The van der Waals surface area contributed by atoms with Crippen LogP contribution in [0.4, 0.5) is 10.1 Å². The van der Waals surface area contributed by atoms with E-state index in [2.05, 4.69) is 5.32 Å². The molecule has 0 spiro atoms. The third-order valence-corrected chi connectivity index (χ3v) is 5.13. The second kappa shape index (κ2) is 8.96. The Kier molecular flexibility index (Phi) is 6.92. The van der Waals surface area contributed by atoms with Gasteiger partial charge >= 0.3 is 0 Å². The topological polar surface area (TPSA) is 75.7 Å². The molecule has 27 heavy (non-hydrogen) atoms. The average molecular weight is 394 g/mol. The molecule has 1 amide bonds. The van der Waals surface area contributed by atoms with Crippen molar-refractivity contribution in [1.82, 2.24) is 4.90 Å². The van der Waals surface area contributed by atoms with E-state index in [1.165, 1.54) is 25.3 Å². The highest BCUT2D eigenvalue weighted by atomic mass is 32.2. The van der Waals surface area contributed by atoms with Crippen molar-refractivity contribution >= 4 is 21.4 Å². The van der Waals surface area contributed by atoms with Gasteiger partial charge in [-0.25, -0.2) is 12.8 Å². The highest BCUT2D eigenvalue weighted by Crippen LogP contribution is 2.19. The number of ether oxygens (including phenoxy) is 1. The molecule has 0 saturated heterocycles. The maximum absolute atomic E-state index is 13.8. The van der Waals surface area contributed by atoms with Gasteiger partial charge in [-0.05, 0) is 48.5 Å². The molecule has 1 N–H and O–H groups in total. The third-order valence-electron chi connectivity index (χ3n) is 4.00. The minimum atomic E-state index is -3.27. The molecule has 0 heterocycles. The van der Waals surface area contributed by atoms with Gasteiger partial charge in [0.05, 0.1) is 18.6 Å². The van der Waals surface area contributed by atoms with Crippen LogP contribution in [0.25, 0.3) is 0 Å². The summed E-state index contributed by atoms with van der Waals surface area (Å²) in [6, 6.07) is 10.7. The molecule has 0 radical (unpaired) electrons. The summed E-state index contributed by atoms with van der Waals surface area (Å²) in [7, 11) is -1.87. The van der Waals surface area contributed by atoms with Gasteiger partial charge in [0.2, 0.25) is 5.91 Å². The first-order valence-corrected chi connectivity index (χ1v) is 10.3. The number of rotatable bonds is 8. The lowest BCUT2D eigenvalue weighted by atomic mass is 10.2. The van der Waals surface area contributed by atoms with E-state index in [4.69, 9.17) is 4.74 Å². The summed E-state index contributed by atoms with van der Waals surface area (Å²) in [6.07, 6.45) is 1.13. The summed E-state index contributed by atoms with van der Waals surface area (Å²) in [5, 5.41) is 2.73. The molecule has 0 aromatic heterocycles. The van der Waals surface area contributed by atoms with Crippen LogP contribution in [0.5, 0.6) is 5.75 Å². The van der Waals surface area contributed by atoms with E-state index in [0.717, 1.165) is 11.8 Å². The van der Waals surface area contributed by atoms with Crippen LogP contribution in [0.1, 0.15) is 12.5 Å². The van der Waals surface area contributed by atoms with Crippen molar-refractivity contribution in [3.63, 3.8) is 0 Å². The number of likely N-dealkylation sites (N-methyl/N-ethyl adjacent to an activating group) is 1. The van der Waals surface area contributed by atoms with Crippen LogP contribution in [-0.2, 0) is 21.2 Å². The minimum Gasteiger partial charge on any atom is -0.494 e. The van der Waals surface area contributed by atoms with Crippen LogP contribution in [0.3, 0.4) is 0 Å². The predicted molar refractivity (Wildman–Crippen MR) is 102 cm³/mol. The third kappa shape index (κ3) is 6.04. The molecule has 0 atom stereocenters. The molecule has 0 aliphatic carbocycles. The standard InChI is InChI=1S/C19H23FN2O4S/c1-4-22(12-14-5-10-18(26-2)17(20)11-14)13-19(23)21-15-6-8-16(9-7-15)27(3,24)25/h5-11H,4,12-13H2,1-3H3,(H,21,23). The average Bonchev–Trinajstić information content (AvgIpc) is 2.61. The molecule has 0 unspecified atom stereocenters. The number of halogens is 1. The van der Waals surface area contributed by atoms with Crippen LogP contribution < -0.4 is 10.1 Å². The maximum Gasteiger partial charge on any atom is 0.238 e. The number of carbonyl (C=O) groups is 1. The lowest BCUT2D eigenvalue weighted by molar-refractivity contribution is -0.117. The first kappa shape index (κ1) is 20.9. The normalized spacial score (nSPS) is 11.4. The summed E-state index contributed by atoms with van der Waals surface area (Å²) >= 11 is 0. The summed E-state index contributed by atoms with van der Waals surface area (Å²) in [6.45, 7) is 3.05. The molecule has 2 aromatic carbocycles. The number of hydrogen-bond donors (Lipinski definition) is 1. The van der Waals surface area contributed by atoms with Gasteiger partial charge < -0.3 is 10.1 Å². The molecule has 0 aliphatic rings. The number of hydrogen-bond acceptors (Lipinski definition) is 5. The van der Waals surface area contributed by atoms with Gasteiger partial charge in [-0.2, -0.15) is 0 Å². The fourth-order valence-corrected chi connectivity index (χ4v) is 3.17. The molecule has 2 rings (SSSR count). The fraction of sp³-hybridized carbons (Fsp3) is 0.316. The van der Waals surface area contributed by atoms with Gasteiger partial charge in [0.25, 0.3) is 0 Å². The van der Waals surface area contributed by atoms with Gasteiger partial charge in [0, 0.05) is 18.5 Å². The first-order valence-electron chi connectivity index (χ1n) is 8.37. The Bertz CT molecular complexity index is 898. The molecular weight excluding hydrogens is 371 g/mol. The SMILES string of the molecule is CCN(CC(=O)Nc1ccc(S(C)(=O)=O)cc1)Cc1ccc(OC)c(F)c1. The molecule has 0 bridgehead atoms. The molecule has 0 saturated carbocycles. The van der Waals surface area contributed by atoms with Crippen LogP contribution in [-0.4, -0.2) is 45.7 Å². The molecule has 0 aliphatic heterocycles. The molecule has 146 valence electrons. The zero-order chi connectivity index (χ0) is 20.0. The van der Waals surface area contributed by atoms with Crippen molar-refractivity contribution < 1.29 is 22.3 Å². The van der Waals surface area contributed by atoms with Crippen LogP contribution >= 0.6 is 0 Å². The van der Waals surface area contributed by atoms with Crippen molar-refractivity contribution in [2.24, 2.45) is 0 Å². The maximum atomic E-state index is 13.8. The Hall–Kier alpha value is -2.45. The van der Waals surface area contributed by atoms with E-state index in [-0.39, 0.29) is 23.1 Å². The highest BCUT2D eigenvalue weighted by molar-refractivity contribution is 7.90.